The molecule has 0 atom stereocenters. The molecule has 0 unspecified atom stereocenters. The van der Waals surface area contributed by atoms with Crippen molar-refractivity contribution in [3.63, 3.8) is 0 Å². The quantitative estimate of drug-likeness (QED) is 0.155. The summed E-state index contributed by atoms with van der Waals surface area (Å²) in [6.07, 6.45) is -1.48. The lowest BCUT2D eigenvalue weighted by molar-refractivity contribution is -0.274. The number of hydrogen-bond donors (Lipinski definition) is 2. The Morgan fingerprint density at radius 2 is 2.00 bits per heavy atom. The van der Waals surface area contributed by atoms with Crippen LogP contribution < -0.4 is 15.8 Å². The van der Waals surface area contributed by atoms with Gasteiger partial charge in [0.15, 0.2) is 16.9 Å². The van der Waals surface area contributed by atoms with Gasteiger partial charge in [0.25, 0.3) is 0 Å². The summed E-state index contributed by atoms with van der Waals surface area (Å²) >= 11 is 1.55. The molecule has 0 saturated carbocycles. The second-order valence-electron chi connectivity index (χ2n) is 6.65. The van der Waals surface area contributed by atoms with Crippen LogP contribution in [-0.2, 0) is 13.0 Å². The van der Waals surface area contributed by atoms with Gasteiger partial charge in [0.1, 0.15) is 5.82 Å². The van der Waals surface area contributed by atoms with Crippen LogP contribution in [0.25, 0.3) is 0 Å². The Hall–Kier alpha value is -1.70. The maximum Gasteiger partial charge on any atom is 0.573 e. The number of rotatable bonds is 9. The molecule has 0 amide bonds. The number of nitrogens with one attached hydrogen (secondary N) is 1. The van der Waals surface area contributed by atoms with Crippen LogP contribution in [-0.4, -0.2) is 39.9 Å². The summed E-state index contributed by atoms with van der Waals surface area (Å²) in [5, 5.41) is 12.0. The van der Waals surface area contributed by atoms with Crippen molar-refractivity contribution in [2.75, 3.05) is 18.1 Å². The average Bonchev–Trinajstić information content (AvgIpc) is 3.00. The smallest absolute Gasteiger partial charge is 0.404 e. The number of aryl methyl sites for hydroxylation is 1. The highest BCUT2D eigenvalue weighted by molar-refractivity contribution is 14.0. The van der Waals surface area contributed by atoms with Crippen molar-refractivity contribution < 1.29 is 17.9 Å². The molecule has 0 spiro atoms. The fourth-order valence-corrected chi connectivity index (χ4v) is 3.12. The minimum atomic E-state index is -4.79. The van der Waals surface area contributed by atoms with Gasteiger partial charge in [-0.2, -0.15) is 0 Å². The summed E-state index contributed by atoms with van der Waals surface area (Å²) in [5.41, 5.74) is 5.89. The lowest BCUT2D eigenvalue weighted by Crippen LogP contribution is -2.24. The van der Waals surface area contributed by atoms with Gasteiger partial charge in [0.05, 0.1) is 5.69 Å². The zero-order valence-electron chi connectivity index (χ0n) is 16.9. The third-order valence-electron chi connectivity index (χ3n) is 3.74. The number of thioether (sulfide) groups is 1. The first-order valence-electron chi connectivity index (χ1n) is 9.07. The molecular formula is C18H26F3IN6OS. The largest absolute Gasteiger partial charge is 0.573 e. The van der Waals surface area contributed by atoms with E-state index in [1.54, 1.807) is 17.8 Å². The van der Waals surface area contributed by atoms with E-state index in [4.69, 9.17) is 5.73 Å². The van der Waals surface area contributed by atoms with E-state index in [9.17, 15) is 13.2 Å². The second kappa shape index (κ2) is 12.2. The molecule has 2 aromatic rings. The summed E-state index contributed by atoms with van der Waals surface area (Å²) in [6.45, 7) is 5.49. The summed E-state index contributed by atoms with van der Waals surface area (Å²) in [7, 11) is 0. The predicted octanol–water partition coefficient (Wildman–Crippen LogP) is 4.53. The molecule has 30 heavy (non-hydrogen) atoms. The highest BCUT2D eigenvalue weighted by atomic mass is 127. The van der Waals surface area contributed by atoms with E-state index in [1.807, 2.05) is 6.26 Å². The summed E-state index contributed by atoms with van der Waals surface area (Å²) in [6, 6.07) is 5.65. The molecule has 7 nitrogen and oxygen atoms in total. The monoisotopic (exact) mass is 558 g/mol. The molecule has 0 radical (unpaired) electrons. The molecule has 0 aliphatic heterocycles. The SMILES string of the molecule is CSc1nnc(CCCN=C(N)Nc2ccccc2OC(F)(F)F)n1CC(C)C.I. The Kier molecular flexibility index (Phi) is 10.7. The highest BCUT2D eigenvalue weighted by Gasteiger charge is 2.32. The Morgan fingerprint density at radius 1 is 1.30 bits per heavy atom. The van der Waals surface area contributed by atoms with Crippen LogP contribution in [0.4, 0.5) is 18.9 Å². The number of nitrogens with two attached hydrogens (primary N) is 1. The normalized spacial score (nSPS) is 12.0. The predicted molar refractivity (Wildman–Crippen MR) is 124 cm³/mol. The number of anilines is 1. The molecule has 1 heterocycles. The Balaban J connectivity index is 0.00000450. The van der Waals surface area contributed by atoms with E-state index in [-0.39, 0.29) is 41.4 Å². The average molecular weight is 558 g/mol. The van der Waals surface area contributed by atoms with Crippen molar-refractivity contribution in [3.05, 3.63) is 30.1 Å². The van der Waals surface area contributed by atoms with Crippen molar-refractivity contribution in [2.45, 2.75) is 44.8 Å². The number of guanidine groups is 1. The molecule has 1 aromatic heterocycles. The molecule has 0 aliphatic rings. The van der Waals surface area contributed by atoms with Crippen molar-refractivity contribution in [1.82, 2.24) is 14.8 Å². The zero-order valence-corrected chi connectivity index (χ0v) is 20.1. The maximum absolute atomic E-state index is 12.5. The number of alkyl halides is 3. The first-order valence-corrected chi connectivity index (χ1v) is 10.3. The summed E-state index contributed by atoms with van der Waals surface area (Å²) in [5.74, 6) is 0.988. The first-order chi connectivity index (χ1) is 13.7. The van der Waals surface area contributed by atoms with Gasteiger partial charge in [-0.25, -0.2) is 0 Å². The van der Waals surface area contributed by atoms with E-state index < -0.39 is 6.36 Å². The Bertz CT molecular complexity index is 828. The lowest BCUT2D eigenvalue weighted by atomic mass is 10.2. The summed E-state index contributed by atoms with van der Waals surface area (Å²) < 4.78 is 43.5. The fraction of sp³-hybridized carbons (Fsp3) is 0.500. The van der Waals surface area contributed by atoms with E-state index in [0.29, 0.717) is 25.3 Å². The number of nitrogens with zero attached hydrogens (tertiary/aromatic N) is 4. The van der Waals surface area contributed by atoms with Gasteiger partial charge in [-0.05, 0) is 30.7 Å². The van der Waals surface area contributed by atoms with Gasteiger partial charge in [0.2, 0.25) is 0 Å². The van der Waals surface area contributed by atoms with E-state index in [1.165, 1.54) is 18.2 Å². The van der Waals surface area contributed by atoms with Crippen LogP contribution in [0.2, 0.25) is 0 Å². The summed E-state index contributed by atoms with van der Waals surface area (Å²) in [4.78, 5) is 4.17. The number of para-hydroxylation sites is 2. The number of halogens is 4. The number of aromatic nitrogens is 3. The van der Waals surface area contributed by atoms with Crippen LogP contribution in [0.3, 0.4) is 0 Å². The van der Waals surface area contributed by atoms with Crippen LogP contribution in [0.5, 0.6) is 5.75 Å². The molecule has 2 rings (SSSR count). The second-order valence-corrected chi connectivity index (χ2v) is 7.42. The van der Waals surface area contributed by atoms with Crippen LogP contribution >= 0.6 is 35.7 Å². The maximum atomic E-state index is 12.5. The van der Waals surface area contributed by atoms with Gasteiger partial charge in [0, 0.05) is 19.5 Å². The topological polar surface area (TPSA) is 90.3 Å². The standard InChI is InChI=1S/C18H25F3N6OS.HI/c1-12(2)11-27-15(25-26-17(27)29-3)9-6-10-23-16(22)24-13-7-4-5-8-14(13)28-18(19,20)21;/h4-5,7-8,12H,6,9-11H2,1-3H3,(H3,22,23,24);1H. The van der Waals surface area contributed by atoms with Crippen LogP contribution in [0.15, 0.2) is 34.4 Å². The van der Waals surface area contributed by atoms with E-state index in [0.717, 1.165) is 17.5 Å². The lowest BCUT2D eigenvalue weighted by Gasteiger charge is -2.14. The Morgan fingerprint density at radius 3 is 2.63 bits per heavy atom. The van der Waals surface area contributed by atoms with Crippen molar-refractivity contribution in [3.8, 4) is 5.75 Å². The van der Waals surface area contributed by atoms with Gasteiger partial charge in [-0.1, -0.05) is 37.7 Å². The molecule has 3 N–H and O–H groups in total. The number of ether oxygens (including phenoxy) is 1. The minimum Gasteiger partial charge on any atom is -0.404 e. The minimum absolute atomic E-state index is 0. The molecule has 0 bridgehead atoms. The molecule has 0 saturated heterocycles. The fourth-order valence-electron chi connectivity index (χ4n) is 2.60. The van der Waals surface area contributed by atoms with Crippen molar-refractivity contribution in [1.29, 1.82) is 0 Å². The van der Waals surface area contributed by atoms with Gasteiger partial charge < -0.3 is 20.4 Å². The van der Waals surface area contributed by atoms with Gasteiger partial charge in [-0.15, -0.1) is 47.3 Å². The van der Waals surface area contributed by atoms with Gasteiger partial charge >= 0.3 is 6.36 Å². The van der Waals surface area contributed by atoms with E-state index >= 15 is 0 Å². The van der Waals surface area contributed by atoms with E-state index in [2.05, 4.69) is 43.7 Å². The number of hydrogen-bond acceptors (Lipinski definition) is 5. The molecular weight excluding hydrogens is 532 g/mol. The number of aliphatic imine (C=N–C) groups is 1. The van der Waals surface area contributed by atoms with Crippen LogP contribution in [0, 0.1) is 5.92 Å². The zero-order chi connectivity index (χ0) is 21.4. The molecule has 1 aromatic carbocycles. The van der Waals surface area contributed by atoms with Gasteiger partial charge in [-0.3, -0.25) is 4.99 Å². The van der Waals surface area contributed by atoms with Crippen LogP contribution in [0.1, 0.15) is 26.1 Å². The Labute approximate surface area is 195 Å². The van der Waals surface area contributed by atoms with Crippen molar-refractivity contribution in [2.24, 2.45) is 16.6 Å². The van der Waals surface area contributed by atoms with Crippen molar-refractivity contribution >= 4 is 47.4 Å². The molecule has 0 fully saturated rings. The highest BCUT2D eigenvalue weighted by Crippen LogP contribution is 2.29. The third-order valence-corrected chi connectivity index (χ3v) is 4.41. The molecule has 168 valence electrons. The molecule has 12 heteroatoms. The third kappa shape index (κ3) is 8.58. The molecule has 0 aliphatic carbocycles. The first kappa shape index (κ1) is 26.3. The number of benzene rings is 1.